The second kappa shape index (κ2) is 2.96. The summed E-state index contributed by atoms with van der Waals surface area (Å²) in [5.74, 6) is -0.549. The summed E-state index contributed by atoms with van der Waals surface area (Å²) < 4.78 is 12.4. The summed E-state index contributed by atoms with van der Waals surface area (Å²) in [6.45, 7) is 0. The molecule has 0 atom stereocenters. The number of halogens is 1. The summed E-state index contributed by atoms with van der Waals surface area (Å²) >= 11 is 0. The average Bonchev–Trinajstić information content (AvgIpc) is 2.03. The largest absolute Gasteiger partial charge is 0.592 e. The molecule has 1 N–H and O–H groups in total. The highest BCUT2D eigenvalue weighted by Gasteiger charge is 2.02. The predicted molar refractivity (Wildman–Crippen MR) is 33.9 cm³/mol. The van der Waals surface area contributed by atoms with E-state index in [9.17, 15) is 9.60 Å². The number of hydrogen-bond acceptors (Lipinski definition) is 2. The maximum atomic E-state index is 12.4. The smallest absolute Gasteiger partial charge is 0.251 e. The molecule has 0 aromatic heterocycles. The van der Waals surface area contributed by atoms with E-state index in [-0.39, 0.29) is 10.5 Å². The van der Waals surface area contributed by atoms with Crippen LogP contribution < -0.4 is 0 Å². The molecule has 0 heterocycles. The molecule has 0 aliphatic heterocycles. The van der Waals surface area contributed by atoms with Crippen molar-refractivity contribution in [2.24, 2.45) is 5.28 Å². The maximum absolute atomic E-state index is 12.4. The molecule has 0 aliphatic rings. The van der Waals surface area contributed by atoms with E-state index < -0.39 is 5.82 Å². The zero-order chi connectivity index (χ0) is 8.27. The van der Waals surface area contributed by atoms with Gasteiger partial charge in [-0.3, -0.25) is 0 Å². The van der Waals surface area contributed by atoms with Crippen LogP contribution in [-0.2, 0) is 0 Å². The summed E-state index contributed by atoms with van der Waals surface area (Å²) in [6, 6.07) is 4.83. The minimum atomic E-state index is -0.549. The van der Waals surface area contributed by atoms with Gasteiger partial charge in [0.05, 0.1) is 0 Å². The molecule has 0 radical (unpaired) electrons. The molecular weight excluding hydrogens is 151 g/mol. The van der Waals surface area contributed by atoms with E-state index in [0.29, 0.717) is 0 Å². The third-order valence-corrected chi connectivity index (χ3v) is 1.11. The Morgan fingerprint density at radius 3 is 2.82 bits per heavy atom. The SMILES string of the molecule is [O-][N+](=NO)c1cccc(F)c1. The molecule has 1 rings (SSSR count). The molecule has 58 valence electrons. The fourth-order valence-corrected chi connectivity index (χ4v) is 0.647. The van der Waals surface area contributed by atoms with Gasteiger partial charge in [0.1, 0.15) is 5.82 Å². The van der Waals surface area contributed by atoms with Crippen molar-refractivity contribution in [1.29, 1.82) is 0 Å². The molecule has 0 spiro atoms. The van der Waals surface area contributed by atoms with E-state index in [1.165, 1.54) is 18.2 Å². The van der Waals surface area contributed by atoms with E-state index in [2.05, 4.69) is 5.28 Å². The van der Waals surface area contributed by atoms with Gasteiger partial charge in [-0.25, -0.2) is 4.39 Å². The normalized spacial score (nSPS) is 11.5. The van der Waals surface area contributed by atoms with Crippen LogP contribution in [0.15, 0.2) is 29.5 Å². The highest BCUT2D eigenvalue weighted by molar-refractivity contribution is 5.28. The van der Waals surface area contributed by atoms with E-state index in [4.69, 9.17) is 5.21 Å². The number of benzene rings is 1. The molecular formula is C6H5FN2O2. The maximum Gasteiger partial charge on any atom is 0.251 e. The van der Waals surface area contributed by atoms with Crippen LogP contribution in [0.3, 0.4) is 0 Å². The lowest BCUT2D eigenvalue weighted by Gasteiger charge is -1.94. The van der Waals surface area contributed by atoms with Crippen molar-refractivity contribution in [2.45, 2.75) is 0 Å². The molecule has 4 nitrogen and oxygen atoms in total. The highest BCUT2D eigenvalue weighted by Crippen LogP contribution is 2.11. The first kappa shape index (κ1) is 7.46. The van der Waals surface area contributed by atoms with Crippen LogP contribution in [0.4, 0.5) is 10.1 Å². The van der Waals surface area contributed by atoms with E-state index in [1.807, 2.05) is 0 Å². The highest BCUT2D eigenvalue weighted by atomic mass is 19.1. The van der Waals surface area contributed by atoms with Gasteiger partial charge in [0, 0.05) is 12.1 Å². The molecule has 0 unspecified atom stereocenters. The van der Waals surface area contributed by atoms with Gasteiger partial charge in [-0.1, -0.05) is 6.07 Å². The van der Waals surface area contributed by atoms with Crippen molar-refractivity contribution in [2.75, 3.05) is 0 Å². The van der Waals surface area contributed by atoms with Crippen molar-refractivity contribution in [1.82, 2.24) is 0 Å². The topological polar surface area (TPSA) is 58.7 Å². The van der Waals surface area contributed by atoms with E-state index in [1.54, 1.807) is 0 Å². The molecule has 0 bridgehead atoms. The minimum absolute atomic E-state index is 0.0486. The summed E-state index contributed by atoms with van der Waals surface area (Å²) in [7, 11) is 0. The molecule has 0 aliphatic carbocycles. The van der Waals surface area contributed by atoms with Crippen LogP contribution in [0, 0.1) is 11.0 Å². The van der Waals surface area contributed by atoms with Gasteiger partial charge < -0.3 is 10.4 Å². The Balaban J connectivity index is 3.06. The summed E-state index contributed by atoms with van der Waals surface area (Å²) in [5.41, 5.74) is -0.0486. The van der Waals surface area contributed by atoms with Crippen LogP contribution in [0.2, 0.25) is 0 Å². The average molecular weight is 156 g/mol. The molecule has 0 fully saturated rings. The van der Waals surface area contributed by atoms with Gasteiger partial charge >= 0.3 is 0 Å². The van der Waals surface area contributed by atoms with Crippen LogP contribution in [0.25, 0.3) is 0 Å². The Kier molecular flexibility index (Phi) is 2.00. The van der Waals surface area contributed by atoms with Crippen LogP contribution in [-0.4, -0.2) is 10.1 Å². The molecule has 5 heteroatoms. The molecule has 0 saturated carbocycles. The van der Waals surface area contributed by atoms with Crippen LogP contribution >= 0.6 is 0 Å². The van der Waals surface area contributed by atoms with Crippen molar-refractivity contribution >= 4 is 5.69 Å². The molecule has 11 heavy (non-hydrogen) atoms. The number of hydrogen-bond donors (Lipinski definition) is 1. The Morgan fingerprint density at radius 2 is 2.27 bits per heavy atom. The quantitative estimate of drug-likeness (QED) is 0.383. The lowest BCUT2D eigenvalue weighted by molar-refractivity contribution is -0.474. The zero-order valence-electron chi connectivity index (χ0n) is 5.44. The Bertz CT molecular complexity index is 288. The van der Waals surface area contributed by atoms with E-state index in [0.717, 1.165) is 6.07 Å². The third-order valence-electron chi connectivity index (χ3n) is 1.11. The van der Waals surface area contributed by atoms with Gasteiger partial charge in [-0.2, -0.15) is 0 Å². The number of rotatable bonds is 1. The third kappa shape index (κ3) is 1.64. The van der Waals surface area contributed by atoms with E-state index >= 15 is 0 Å². The fourth-order valence-electron chi connectivity index (χ4n) is 0.647. The second-order valence-corrected chi connectivity index (χ2v) is 1.84. The van der Waals surface area contributed by atoms with Crippen LogP contribution in [0.1, 0.15) is 0 Å². The zero-order valence-corrected chi connectivity index (χ0v) is 5.44. The first-order valence-corrected chi connectivity index (χ1v) is 2.82. The van der Waals surface area contributed by atoms with Crippen molar-refractivity contribution in [3.8, 4) is 0 Å². The van der Waals surface area contributed by atoms with Gasteiger partial charge in [0.2, 0.25) is 5.28 Å². The Hall–Kier alpha value is -1.65. The first-order chi connectivity index (χ1) is 5.24. The Labute approximate surface area is 61.8 Å². The second-order valence-electron chi connectivity index (χ2n) is 1.84. The van der Waals surface area contributed by atoms with Crippen LogP contribution in [0.5, 0.6) is 0 Å². The van der Waals surface area contributed by atoms with Crippen molar-refractivity contribution in [3.05, 3.63) is 35.3 Å². The molecule has 0 saturated heterocycles. The predicted octanol–water partition coefficient (Wildman–Crippen LogP) is 1.81. The van der Waals surface area contributed by atoms with Gasteiger partial charge in [0.15, 0.2) is 0 Å². The van der Waals surface area contributed by atoms with Crippen molar-refractivity contribution < 1.29 is 14.5 Å². The minimum Gasteiger partial charge on any atom is -0.592 e. The lowest BCUT2D eigenvalue weighted by atomic mass is 10.3. The fraction of sp³-hybridized carbons (Fsp3) is 0. The summed E-state index contributed by atoms with van der Waals surface area (Å²) in [6.07, 6.45) is 0. The van der Waals surface area contributed by atoms with Gasteiger partial charge in [-0.15, -0.1) is 0 Å². The van der Waals surface area contributed by atoms with Crippen molar-refractivity contribution in [3.63, 3.8) is 0 Å². The van der Waals surface area contributed by atoms with Gasteiger partial charge in [-0.05, 0) is 10.9 Å². The standard InChI is InChI=1S/C6H5FN2O2/c7-5-2-1-3-6(4-5)9(11)8-10/h1-4,10H. The molecule has 0 amide bonds. The van der Waals surface area contributed by atoms with Gasteiger partial charge in [0.25, 0.3) is 5.69 Å². The lowest BCUT2D eigenvalue weighted by Crippen LogP contribution is -1.90. The first-order valence-electron chi connectivity index (χ1n) is 2.82. The Morgan fingerprint density at radius 1 is 1.55 bits per heavy atom. The molecule has 1 aromatic rings. The summed E-state index contributed by atoms with van der Waals surface area (Å²) in [5, 5.41) is 20.8. The molecule has 1 aromatic carbocycles. The summed E-state index contributed by atoms with van der Waals surface area (Å²) in [4.78, 5) is -0.0803. The number of nitrogens with zero attached hydrogens (tertiary/aromatic N) is 2. The monoisotopic (exact) mass is 156 g/mol.